The Kier molecular flexibility index (Phi) is 6.14. The van der Waals surface area contributed by atoms with Crippen molar-refractivity contribution in [2.75, 3.05) is 19.8 Å². The molecule has 3 nitrogen and oxygen atoms in total. The van der Waals surface area contributed by atoms with Crippen molar-refractivity contribution in [2.24, 2.45) is 0 Å². The van der Waals surface area contributed by atoms with Crippen molar-refractivity contribution >= 4 is 15.9 Å². The zero-order chi connectivity index (χ0) is 13.5. The highest BCUT2D eigenvalue weighted by atomic mass is 79.9. The Labute approximate surface area is 123 Å². The van der Waals surface area contributed by atoms with Crippen LogP contribution in [0.25, 0.3) is 0 Å². The van der Waals surface area contributed by atoms with Crippen molar-refractivity contribution in [2.45, 2.75) is 36.8 Å². The van der Waals surface area contributed by atoms with E-state index in [2.05, 4.69) is 22.9 Å². The molecular formula is C15H21BrO3. The van der Waals surface area contributed by atoms with Gasteiger partial charge in [0.1, 0.15) is 12.4 Å². The monoisotopic (exact) mass is 328 g/mol. The maximum atomic E-state index is 5.80. The molecule has 0 aromatic heterocycles. The predicted octanol–water partition coefficient (Wildman–Crippen LogP) is 3.41. The number of alkyl halides is 1. The first-order chi connectivity index (χ1) is 9.31. The Morgan fingerprint density at radius 3 is 2.58 bits per heavy atom. The van der Waals surface area contributed by atoms with Gasteiger partial charge in [-0.05, 0) is 25.0 Å². The number of hydrogen-bond donors (Lipinski definition) is 0. The molecule has 0 aliphatic heterocycles. The molecule has 4 heteroatoms. The molecule has 1 aromatic carbocycles. The number of benzene rings is 1. The zero-order valence-electron chi connectivity index (χ0n) is 11.3. The molecule has 1 fully saturated rings. The normalized spacial score (nSPS) is 25.9. The van der Waals surface area contributed by atoms with Crippen molar-refractivity contribution in [1.82, 2.24) is 0 Å². The number of halogens is 1. The van der Waals surface area contributed by atoms with Gasteiger partial charge in [-0.2, -0.15) is 0 Å². The lowest BCUT2D eigenvalue weighted by Crippen LogP contribution is -2.51. The molecule has 106 valence electrons. The van der Waals surface area contributed by atoms with Gasteiger partial charge < -0.3 is 14.2 Å². The number of para-hydroxylation sites is 1. The van der Waals surface area contributed by atoms with Crippen LogP contribution in [0.5, 0.6) is 5.75 Å². The summed E-state index contributed by atoms with van der Waals surface area (Å²) >= 11 is 3.61. The molecule has 19 heavy (non-hydrogen) atoms. The van der Waals surface area contributed by atoms with Gasteiger partial charge in [-0.25, -0.2) is 0 Å². The number of rotatable bonds is 8. The summed E-state index contributed by atoms with van der Waals surface area (Å²) in [4.78, 5) is 0.430. The second-order valence-electron chi connectivity index (χ2n) is 4.66. The van der Waals surface area contributed by atoms with Crippen LogP contribution in [0.2, 0.25) is 0 Å². The average Bonchev–Trinajstić information content (AvgIpc) is 2.43. The van der Waals surface area contributed by atoms with Crippen LogP contribution in [0.4, 0.5) is 0 Å². The van der Waals surface area contributed by atoms with Crippen molar-refractivity contribution in [3.8, 4) is 5.75 Å². The van der Waals surface area contributed by atoms with E-state index in [1.807, 2.05) is 30.3 Å². The summed E-state index contributed by atoms with van der Waals surface area (Å²) < 4.78 is 17.1. The van der Waals surface area contributed by atoms with Gasteiger partial charge in [0.25, 0.3) is 0 Å². The van der Waals surface area contributed by atoms with Crippen LogP contribution in [0.15, 0.2) is 30.3 Å². The fourth-order valence-electron chi connectivity index (χ4n) is 2.03. The van der Waals surface area contributed by atoms with E-state index in [-0.39, 0.29) is 12.2 Å². The quantitative estimate of drug-likeness (QED) is 0.540. The van der Waals surface area contributed by atoms with Crippen LogP contribution >= 0.6 is 15.9 Å². The Morgan fingerprint density at radius 1 is 1.11 bits per heavy atom. The van der Waals surface area contributed by atoms with Gasteiger partial charge in [-0.15, -0.1) is 0 Å². The minimum Gasteiger partial charge on any atom is -0.491 e. The molecular weight excluding hydrogens is 308 g/mol. The van der Waals surface area contributed by atoms with Crippen molar-refractivity contribution in [3.05, 3.63) is 30.3 Å². The highest BCUT2D eigenvalue weighted by molar-refractivity contribution is 9.09. The van der Waals surface area contributed by atoms with Crippen LogP contribution in [-0.2, 0) is 9.47 Å². The lowest BCUT2D eigenvalue weighted by molar-refractivity contribution is -0.124. The van der Waals surface area contributed by atoms with Gasteiger partial charge >= 0.3 is 0 Å². The topological polar surface area (TPSA) is 27.7 Å². The molecule has 1 saturated carbocycles. The molecule has 3 atom stereocenters. The smallest absolute Gasteiger partial charge is 0.119 e. The van der Waals surface area contributed by atoms with Gasteiger partial charge in [0.15, 0.2) is 0 Å². The molecule has 1 aliphatic rings. The molecule has 0 spiro atoms. The summed E-state index contributed by atoms with van der Waals surface area (Å²) in [6, 6.07) is 9.80. The van der Waals surface area contributed by atoms with E-state index in [1.54, 1.807) is 0 Å². The lowest BCUT2D eigenvalue weighted by atomic mass is 9.91. The summed E-state index contributed by atoms with van der Waals surface area (Å²) in [5.41, 5.74) is 0. The van der Waals surface area contributed by atoms with E-state index in [0.29, 0.717) is 18.0 Å². The minimum atomic E-state index is 0.191. The Hall–Kier alpha value is -0.580. The molecule has 0 radical (unpaired) electrons. The summed E-state index contributed by atoms with van der Waals surface area (Å²) in [6.07, 6.45) is 2.45. The van der Waals surface area contributed by atoms with Gasteiger partial charge in [0, 0.05) is 11.4 Å². The molecule has 1 aromatic rings. The SMILES string of the molecule is CCCOC1C(Br)CC1OCCOc1ccccc1. The maximum absolute atomic E-state index is 5.80. The lowest BCUT2D eigenvalue weighted by Gasteiger charge is -2.40. The second kappa shape index (κ2) is 7.88. The summed E-state index contributed by atoms with van der Waals surface area (Å²) in [6.45, 7) is 4.10. The van der Waals surface area contributed by atoms with Crippen molar-refractivity contribution in [3.63, 3.8) is 0 Å². The van der Waals surface area contributed by atoms with Crippen LogP contribution in [0.3, 0.4) is 0 Å². The van der Waals surface area contributed by atoms with Crippen LogP contribution in [-0.4, -0.2) is 36.9 Å². The molecule has 3 unspecified atom stereocenters. The second-order valence-corrected chi connectivity index (χ2v) is 5.83. The fourth-order valence-corrected chi connectivity index (χ4v) is 2.89. The molecule has 0 N–H and O–H groups in total. The highest BCUT2D eigenvalue weighted by Crippen LogP contribution is 2.33. The molecule has 2 rings (SSSR count). The van der Waals surface area contributed by atoms with Gasteiger partial charge in [-0.1, -0.05) is 41.1 Å². The third-order valence-electron chi connectivity index (χ3n) is 3.12. The first-order valence-corrected chi connectivity index (χ1v) is 7.78. The van der Waals surface area contributed by atoms with Crippen LogP contribution in [0.1, 0.15) is 19.8 Å². The third-order valence-corrected chi connectivity index (χ3v) is 4.02. The van der Waals surface area contributed by atoms with Gasteiger partial charge in [0.2, 0.25) is 0 Å². The first kappa shape index (κ1) is 14.8. The summed E-state index contributed by atoms with van der Waals surface area (Å²) in [5, 5.41) is 0. The highest BCUT2D eigenvalue weighted by Gasteiger charge is 2.41. The van der Waals surface area contributed by atoms with Crippen molar-refractivity contribution < 1.29 is 14.2 Å². The van der Waals surface area contributed by atoms with E-state index in [1.165, 1.54) is 0 Å². The fraction of sp³-hybridized carbons (Fsp3) is 0.600. The molecule has 0 heterocycles. The standard InChI is InChI=1S/C15H21BrO3/c1-2-8-19-15-13(16)11-14(15)18-10-9-17-12-6-4-3-5-7-12/h3-7,13-15H,2,8-11H2,1H3. The molecule has 0 saturated heterocycles. The minimum absolute atomic E-state index is 0.191. The maximum Gasteiger partial charge on any atom is 0.119 e. The molecule has 0 amide bonds. The summed E-state index contributed by atoms with van der Waals surface area (Å²) in [5.74, 6) is 0.886. The Morgan fingerprint density at radius 2 is 1.89 bits per heavy atom. The van der Waals surface area contributed by atoms with Gasteiger partial charge in [-0.3, -0.25) is 0 Å². The molecule has 1 aliphatic carbocycles. The van der Waals surface area contributed by atoms with Crippen LogP contribution in [0, 0.1) is 0 Å². The third kappa shape index (κ3) is 4.48. The summed E-state index contributed by atoms with van der Waals surface area (Å²) in [7, 11) is 0. The number of ether oxygens (including phenoxy) is 3. The van der Waals surface area contributed by atoms with E-state index in [4.69, 9.17) is 14.2 Å². The zero-order valence-corrected chi connectivity index (χ0v) is 12.8. The predicted molar refractivity (Wildman–Crippen MR) is 79.0 cm³/mol. The largest absolute Gasteiger partial charge is 0.491 e. The van der Waals surface area contributed by atoms with E-state index in [9.17, 15) is 0 Å². The Balaban J connectivity index is 1.60. The average molecular weight is 329 g/mol. The number of hydrogen-bond acceptors (Lipinski definition) is 3. The van der Waals surface area contributed by atoms with E-state index >= 15 is 0 Å². The van der Waals surface area contributed by atoms with E-state index < -0.39 is 0 Å². The van der Waals surface area contributed by atoms with Crippen LogP contribution < -0.4 is 4.74 Å². The Bertz CT molecular complexity index is 358. The first-order valence-electron chi connectivity index (χ1n) is 6.86. The molecule has 0 bridgehead atoms. The van der Waals surface area contributed by atoms with Crippen molar-refractivity contribution in [1.29, 1.82) is 0 Å². The van der Waals surface area contributed by atoms with E-state index in [0.717, 1.165) is 25.2 Å². The van der Waals surface area contributed by atoms with Gasteiger partial charge in [0.05, 0.1) is 18.8 Å².